The molecule has 2 N–H and O–H groups in total. The molecule has 1 saturated carbocycles. The van der Waals surface area contributed by atoms with E-state index in [2.05, 4.69) is 12.1 Å². The Morgan fingerprint density at radius 3 is 2.29 bits per heavy atom. The highest BCUT2D eigenvalue weighted by molar-refractivity contribution is 5.37. The lowest BCUT2D eigenvalue weighted by molar-refractivity contribution is 0.216. The Morgan fingerprint density at radius 1 is 0.952 bits per heavy atom. The number of nitrogens with zero attached hydrogens (tertiary/aromatic N) is 1. The third kappa shape index (κ3) is 3.46. The van der Waals surface area contributed by atoms with E-state index in [1.165, 1.54) is 43.2 Å². The molecular weight excluding hydrogens is 263 g/mol. The van der Waals surface area contributed by atoms with E-state index in [4.69, 9.17) is 5.84 Å². The van der Waals surface area contributed by atoms with Crippen LogP contribution in [0.5, 0.6) is 0 Å². The molecule has 0 atom stereocenters. The number of piperidine rings is 1. The zero-order valence-electron chi connectivity index (χ0n) is 12.9. The summed E-state index contributed by atoms with van der Waals surface area (Å²) in [4.78, 5) is 0. The zero-order valence-corrected chi connectivity index (χ0v) is 12.9. The standard InChI is InChI=1S/C18H27FN2/c19-13-14-6-7-17(16-8-10-21(20)11-9-16)18(12-14)15-4-2-1-3-5-15/h6-7,12,15-16H,1-5,8-11,13,20H2. The molecule has 1 saturated heterocycles. The maximum Gasteiger partial charge on any atom is 0.115 e. The third-order valence-corrected chi connectivity index (χ3v) is 5.32. The van der Waals surface area contributed by atoms with E-state index < -0.39 is 0 Å². The molecule has 21 heavy (non-hydrogen) atoms. The van der Waals surface area contributed by atoms with Crippen LogP contribution in [0.4, 0.5) is 4.39 Å². The lowest BCUT2D eigenvalue weighted by Crippen LogP contribution is -2.38. The second-order valence-corrected chi connectivity index (χ2v) is 6.74. The Morgan fingerprint density at radius 2 is 1.62 bits per heavy atom. The van der Waals surface area contributed by atoms with E-state index in [1.807, 2.05) is 11.1 Å². The topological polar surface area (TPSA) is 29.3 Å². The van der Waals surface area contributed by atoms with Gasteiger partial charge in [0, 0.05) is 13.1 Å². The first kappa shape index (κ1) is 15.0. The molecule has 2 nitrogen and oxygen atoms in total. The molecule has 0 radical (unpaired) electrons. The van der Waals surface area contributed by atoms with E-state index in [1.54, 1.807) is 0 Å². The molecule has 1 aliphatic carbocycles. The summed E-state index contributed by atoms with van der Waals surface area (Å²) < 4.78 is 13.1. The molecule has 1 aromatic rings. The van der Waals surface area contributed by atoms with Crippen molar-refractivity contribution in [1.29, 1.82) is 0 Å². The minimum atomic E-state index is -0.346. The zero-order chi connectivity index (χ0) is 14.7. The molecule has 0 unspecified atom stereocenters. The molecule has 3 rings (SSSR count). The highest BCUT2D eigenvalue weighted by Gasteiger charge is 2.25. The lowest BCUT2D eigenvalue weighted by atomic mass is 9.77. The minimum Gasteiger partial charge on any atom is -0.269 e. The van der Waals surface area contributed by atoms with Gasteiger partial charge in [-0.05, 0) is 54.2 Å². The normalized spacial score (nSPS) is 22.6. The second kappa shape index (κ2) is 6.89. The van der Waals surface area contributed by atoms with Crippen LogP contribution in [-0.4, -0.2) is 18.1 Å². The van der Waals surface area contributed by atoms with E-state index in [0.29, 0.717) is 11.8 Å². The van der Waals surface area contributed by atoms with Crippen LogP contribution in [0.25, 0.3) is 0 Å². The smallest absolute Gasteiger partial charge is 0.115 e. The lowest BCUT2D eigenvalue weighted by Gasteiger charge is -2.32. The van der Waals surface area contributed by atoms with Crippen molar-refractivity contribution in [2.45, 2.75) is 63.5 Å². The SMILES string of the molecule is NN1CCC(c2ccc(CF)cc2C2CCCCC2)CC1. The van der Waals surface area contributed by atoms with Crippen molar-refractivity contribution in [3.05, 3.63) is 34.9 Å². The summed E-state index contributed by atoms with van der Waals surface area (Å²) in [5.41, 5.74) is 3.77. The first-order valence-corrected chi connectivity index (χ1v) is 8.46. The quantitative estimate of drug-likeness (QED) is 0.843. The number of hydrogen-bond acceptors (Lipinski definition) is 2. The van der Waals surface area contributed by atoms with Gasteiger partial charge in [-0.25, -0.2) is 9.40 Å². The van der Waals surface area contributed by atoms with Crippen molar-refractivity contribution in [3.8, 4) is 0 Å². The monoisotopic (exact) mass is 290 g/mol. The van der Waals surface area contributed by atoms with Crippen LogP contribution in [-0.2, 0) is 6.67 Å². The van der Waals surface area contributed by atoms with Crippen LogP contribution < -0.4 is 5.84 Å². The minimum absolute atomic E-state index is 0.346. The summed E-state index contributed by atoms with van der Waals surface area (Å²) in [5.74, 6) is 7.14. The van der Waals surface area contributed by atoms with Crippen LogP contribution in [0.2, 0.25) is 0 Å². The van der Waals surface area contributed by atoms with Gasteiger partial charge in [0.05, 0.1) is 0 Å². The Bertz CT molecular complexity index is 460. The molecule has 116 valence electrons. The Labute approximate surface area is 127 Å². The van der Waals surface area contributed by atoms with Crippen LogP contribution in [0.1, 0.15) is 73.5 Å². The van der Waals surface area contributed by atoms with Gasteiger partial charge in [-0.3, -0.25) is 5.84 Å². The number of benzene rings is 1. The molecule has 1 aromatic carbocycles. The summed E-state index contributed by atoms with van der Waals surface area (Å²) in [7, 11) is 0. The number of hydrogen-bond donors (Lipinski definition) is 1. The van der Waals surface area contributed by atoms with Gasteiger partial charge in [-0.15, -0.1) is 0 Å². The van der Waals surface area contributed by atoms with Crippen molar-refractivity contribution in [1.82, 2.24) is 5.01 Å². The average Bonchev–Trinajstić information content (AvgIpc) is 2.56. The second-order valence-electron chi connectivity index (χ2n) is 6.74. The predicted molar refractivity (Wildman–Crippen MR) is 84.8 cm³/mol. The molecular formula is C18H27FN2. The van der Waals surface area contributed by atoms with Crippen molar-refractivity contribution < 1.29 is 4.39 Å². The number of hydrazine groups is 1. The van der Waals surface area contributed by atoms with Gasteiger partial charge >= 0.3 is 0 Å². The molecule has 2 aliphatic rings. The van der Waals surface area contributed by atoms with Gasteiger partial charge in [-0.2, -0.15) is 0 Å². The van der Waals surface area contributed by atoms with Gasteiger partial charge < -0.3 is 0 Å². The number of nitrogens with two attached hydrogens (primary N) is 1. The molecule has 1 aliphatic heterocycles. The average molecular weight is 290 g/mol. The summed E-state index contributed by atoms with van der Waals surface area (Å²) in [6, 6.07) is 6.34. The largest absolute Gasteiger partial charge is 0.269 e. The molecule has 3 heteroatoms. The summed E-state index contributed by atoms with van der Waals surface area (Å²) in [5, 5.41) is 1.92. The van der Waals surface area contributed by atoms with Gasteiger partial charge in [0.1, 0.15) is 6.67 Å². The van der Waals surface area contributed by atoms with Crippen LogP contribution in [0.15, 0.2) is 18.2 Å². The first-order valence-electron chi connectivity index (χ1n) is 8.46. The maximum atomic E-state index is 13.1. The maximum absolute atomic E-state index is 13.1. The highest BCUT2D eigenvalue weighted by atomic mass is 19.1. The van der Waals surface area contributed by atoms with Crippen LogP contribution in [0.3, 0.4) is 0 Å². The molecule has 0 amide bonds. The van der Waals surface area contributed by atoms with Crippen molar-refractivity contribution in [3.63, 3.8) is 0 Å². The van der Waals surface area contributed by atoms with Crippen molar-refractivity contribution in [2.75, 3.05) is 13.1 Å². The van der Waals surface area contributed by atoms with E-state index in [-0.39, 0.29) is 6.67 Å². The van der Waals surface area contributed by atoms with Crippen LogP contribution in [0, 0.1) is 0 Å². The fourth-order valence-electron chi connectivity index (χ4n) is 4.06. The van der Waals surface area contributed by atoms with Crippen LogP contribution >= 0.6 is 0 Å². The van der Waals surface area contributed by atoms with Gasteiger partial charge in [0.25, 0.3) is 0 Å². The number of alkyl halides is 1. The van der Waals surface area contributed by atoms with Crippen molar-refractivity contribution in [2.24, 2.45) is 5.84 Å². The Hall–Kier alpha value is -0.930. The predicted octanol–water partition coefficient (Wildman–Crippen LogP) is 4.26. The molecule has 2 fully saturated rings. The van der Waals surface area contributed by atoms with Gasteiger partial charge in [0.15, 0.2) is 0 Å². The molecule has 1 heterocycles. The fraction of sp³-hybridized carbons (Fsp3) is 0.667. The summed E-state index contributed by atoms with van der Waals surface area (Å²) in [6.07, 6.45) is 8.82. The molecule has 0 spiro atoms. The Balaban J connectivity index is 1.87. The Kier molecular flexibility index (Phi) is 4.91. The number of rotatable bonds is 3. The van der Waals surface area contributed by atoms with Crippen molar-refractivity contribution >= 4 is 0 Å². The van der Waals surface area contributed by atoms with E-state index in [0.717, 1.165) is 31.5 Å². The fourth-order valence-corrected chi connectivity index (χ4v) is 4.06. The highest BCUT2D eigenvalue weighted by Crippen LogP contribution is 2.39. The van der Waals surface area contributed by atoms with Gasteiger partial charge in [0.2, 0.25) is 0 Å². The summed E-state index contributed by atoms with van der Waals surface area (Å²) in [6.45, 7) is 1.60. The van der Waals surface area contributed by atoms with E-state index >= 15 is 0 Å². The number of halogens is 1. The summed E-state index contributed by atoms with van der Waals surface area (Å²) >= 11 is 0. The molecule has 0 bridgehead atoms. The van der Waals surface area contributed by atoms with E-state index in [9.17, 15) is 4.39 Å². The third-order valence-electron chi connectivity index (χ3n) is 5.32. The first-order chi connectivity index (χ1) is 10.3. The van der Waals surface area contributed by atoms with Gasteiger partial charge in [-0.1, -0.05) is 37.5 Å². The molecule has 0 aromatic heterocycles.